The predicted octanol–water partition coefficient (Wildman–Crippen LogP) is 2.60. The second-order valence-corrected chi connectivity index (χ2v) is 4.34. The smallest absolute Gasteiger partial charge is 0.382 e. The molecule has 1 unspecified atom stereocenters. The first-order chi connectivity index (χ1) is 7.80. The molecule has 0 aliphatic rings. The van der Waals surface area contributed by atoms with E-state index in [2.05, 4.69) is 21.2 Å². The number of alkyl halides is 3. The zero-order valence-electron chi connectivity index (χ0n) is 8.56. The van der Waals surface area contributed by atoms with Gasteiger partial charge in [-0.1, -0.05) is 15.9 Å². The van der Waals surface area contributed by atoms with Gasteiger partial charge in [0.05, 0.1) is 0 Å². The number of aliphatic hydroxyl groups excluding tert-OH is 1. The molecule has 1 atom stereocenters. The van der Waals surface area contributed by atoms with Crippen LogP contribution in [0.4, 0.5) is 17.6 Å². The van der Waals surface area contributed by atoms with E-state index in [0.29, 0.717) is 4.47 Å². The largest absolute Gasteiger partial charge is 0.415 e. The van der Waals surface area contributed by atoms with Crippen molar-refractivity contribution in [2.45, 2.75) is 18.8 Å². The van der Waals surface area contributed by atoms with Gasteiger partial charge >= 0.3 is 6.18 Å². The highest BCUT2D eigenvalue weighted by atomic mass is 79.9. The van der Waals surface area contributed by atoms with E-state index in [1.54, 1.807) is 0 Å². The van der Waals surface area contributed by atoms with E-state index in [4.69, 9.17) is 5.11 Å². The van der Waals surface area contributed by atoms with Crippen LogP contribution in [0.5, 0.6) is 0 Å². The van der Waals surface area contributed by atoms with E-state index in [1.165, 1.54) is 18.2 Å². The van der Waals surface area contributed by atoms with Gasteiger partial charge in [-0.15, -0.1) is 0 Å². The van der Waals surface area contributed by atoms with E-state index in [1.807, 2.05) is 0 Å². The minimum Gasteiger partial charge on any atom is -0.382 e. The van der Waals surface area contributed by atoms with Crippen molar-refractivity contribution in [1.29, 1.82) is 0 Å². The molecule has 0 fully saturated rings. The van der Waals surface area contributed by atoms with Crippen molar-refractivity contribution in [1.82, 2.24) is 5.32 Å². The summed E-state index contributed by atoms with van der Waals surface area (Å²) in [5, 5.41) is 11.0. The molecule has 1 aromatic rings. The van der Waals surface area contributed by atoms with Gasteiger partial charge in [0.1, 0.15) is 5.82 Å². The van der Waals surface area contributed by atoms with Crippen molar-refractivity contribution >= 4 is 15.9 Å². The van der Waals surface area contributed by atoms with Crippen LogP contribution in [0.15, 0.2) is 22.7 Å². The maximum atomic E-state index is 13.2. The van der Waals surface area contributed by atoms with Crippen molar-refractivity contribution < 1.29 is 22.7 Å². The highest BCUT2D eigenvalue weighted by molar-refractivity contribution is 9.10. The van der Waals surface area contributed by atoms with E-state index in [-0.39, 0.29) is 12.1 Å². The summed E-state index contributed by atoms with van der Waals surface area (Å²) in [7, 11) is 0. The molecule has 0 spiro atoms. The number of benzene rings is 1. The normalized spacial score (nSPS) is 13.8. The molecule has 0 aromatic heterocycles. The molecule has 0 aliphatic carbocycles. The molecular formula is C10H10BrF4NO. The van der Waals surface area contributed by atoms with E-state index in [9.17, 15) is 17.6 Å². The molecule has 0 saturated carbocycles. The number of rotatable bonds is 4. The third-order valence-electron chi connectivity index (χ3n) is 2.04. The molecule has 0 radical (unpaired) electrons. The van der Waals surface area contributed by atoms with Gasteiger partial charge in [0, 0.05) is 23.1 Å². The van der Waals surface area contributed by atoms with Gasteiger partial charge in [-0.25, -0.2) is 4.39 Å². The summed E-state index contributed by atoms with van der Waals surface area (Å²) in [6.45, 7) is -0.756. The molecule has 0 heterocycles. The lowest BCUT2D eigenvalue weighted by Crippen LogP contribution is -2.38. The zero-order valence-corrected chi connectivity index (χ0v) is 10.1. The van der Waals surface area contributed by atoms with Crippen LogP contribution in [0, 0.1) is 5.82 Å². The molecule has 1 rings (SSSR count). The Hall–Kier alpha value is -0.660. The SMILES string of the molecule is OC(CNCc1cc(Br)ccc1F)C(F)(F)F. The van der Waals surface area contributed by atoms with Crippen LogP contribution in [-0.2, 0) is 6.54 Å². The molecule has 0 saturated heterocycles. The van der Waals surface area contributed by atoms with Gasteiger partial charge in [-0.3, -0.25) is 0 Å². The third kappa shape index (κ3) is 4.61. The maximum Gasteiger partial charge on any atom is 0.415 e. The van der Waals surface area contributed by atoms with Crippen molar-refractivity contribution in [3.63, 3.8) is 0 Å². The lowest BCUT2D eigenvalue weighted by Gasteiger charge is -2.15. The number of hydrogen-bond acceptors (Lipinski definition) is 2. The number of hydrogen-bond donors (Lipinski definition) is 2. The van der Waals surface area contributed by atoms with E-state index in [0.717, 1.165) is 0 Å². The molecule has 0 aliphatic heterocycles. The van der Waals surface area contributed by atoms with Crippen LogP contribution >= 0.6 is 15.9 Å². The highest BCUT2D eigenvalue weighted by Gasteiger charge is 2.37. The monoisotopic (exact) mass is 315 g/mol. The zero-order chi connectivity index (χ0) is 13.1. The minimum atomic E-state index is -4.66. The fraction of sp³-hybridized carbons (Fsp3) is 0.400. The molecule has 2 N–H and O–H groups in total. The van der Waals surface area contributed by atoms with Gasteiger partial charge in [0.15, 0.2) is 6.10 Å². The van der Waals surface area contributed by atoms with Crippen molar-refractivity contribution in [3.8, 4) is 0 Å². The van der Waals surface area contributed by atoms with Gasteiger partial charge < -0.3 is 10.4 Å². The fourth-order valence-corrected chi connectivity index (χ4v) is 1.55. The standard InChI is InChI=1S/C10H10BrF4NO/c11-7-1-2-8(12)6(3-7)4-16-5-9(17)10(13,14)15/h1-3,9,16-17H,4-5H2. The maximum absolute atomic E-state index is 13.2. The van der Waals surface area contributed by atoms with Crippen LogP contribution in [-0.4, -0.2) is 23.9 Å². The Balaban J connectivity index is 2.49. The summed E-state index contributed by atoms with van der Waals surface area (Å²) in [5.41, 5.74) is 0.230. The van der Waals surface area contributed by atoms with Gasteiger partial charge in [0.25, 0.3) is 0 Å². The molecule has 17 heavy (non-hydrogen) atoms. The van der Waals surface area contributed by atoms with Gasteiger partial charge in [0.2, 0.25) is 0 Å². The number of halogens is 5. The lowest BCUT2D eigenvalue weighted by molar-refractivity contribution is -0.201. The summed E-state index contributed by atoms with van der Waals surface area (Å²) in [5.74, 6) is -0.512. The van der Waals surface area contributed by atoms with Crippen LogP contribution < -0.4 is 5.32 Å². The topological polar surface area (TPSA) is 32.3 Å². The molecular weight excluding hydrogens is 306 g/mol. The Kier molecular flexibility index (Phi) is 4.91. The Labute approximate surface area is 104 Å². The summed E-state index contributed by atoms with van der Waals surface area (Å²) in [6.07, 6.45) is -7.11. The van der Waals surface area contributed by atoms with E-state index < -0.39 is 24.6 Å². The molecule has 7 heteroatoms. The number of nitrogens with one attached hydrogen (secondary N) is 1. The van der Waals surface area contributed by atoms with Crippen LogP contribution in [0.3, 0.4) is 0 Å². The number of aliphatic hydroxyl groups is 1. The van der Waals surface area contributed by atoms with Crippen molar-refractivity contribution in [2.24, 2.45) is 0 Å². The van der Waals surface area contributed by atoms with Crippen molar-refractivity contribution in [2.75, 3.05) is 6.54 Å². The summed E-state index contributed by atoms with van der Waals surface area (Å²) in [6, 6.07) is 4.16. The fourth-order valence-electron chi connectivity index (χ4n) is 1.14. The highest BCUT2D eigenvalue weighted by Crippen LogP contribution is 2.19. The molecule has 2 nitrogen and oxygen atoms in total. The Morgan fingerprint density at radius 3 is 2.59 bits per heavy atom. The first-order valence-corrected chi connectivity index (χ1v) is 5.49. The van der Waals surface area contributed by atoms with Crippen LogP contribution in [0.2, 0.25) is 0 Å². The van der Waals surface area contributed by atoms with E-state index >= 15 is 0 Å². The quantitative estimate of drug-likeness (QED) is 0.837. The second-order valence-electron chi connectivity index (χ2n) is 3.42. The Bertz CT molecular complexity index is 383. The summed E-state index contributed by atoms with van der Waals surface area (Å²) < 4.78 is 49.7. The minimum absolute atomic E-state index is 0.0849. The van der Waals surface area contributed by atoms with Crippen molar-refractivity contribution in [3.05, 3.63) is 34.1 Å². The molecule has 0 bridgehead atoms. The Morgan fingerprint density at radius 1 is 1.35 bits per heavy atom. The average molecular weight is 316 g/mol. The Morgan fingerprint density at radius 2 is 2.00 bits per heavy atom. The predicted molar refractivity (Wildman–Crippen MR) is 57.9 cm³/mol. The summed E-state index contributed by atoms with van der Waals surface area (Å²) in [4.78, 5) is 0. The third-order valence-corrected chi connectivity index (χ3v) is 2.53. The van der Waals surface area contributed by atoms with Crippen LogP contribution in [0.25, 0.3) is 0 Å². The first kappa shape index (κ1) is 14.4. The molecule has 1 aromatic carbocycles. The summed E-state index contributed by atoms with van der Waals surface area (Å²) >= 11 is 3.13. The lowest BCUT2D eigenvalue weighted by atomic mass is 10.2. The second kappa shape index (κ2) is 5.79. The average Bonchev–Trinajstić information content (AvgIpc) is 2.21. The first-order valence-electron chi connectivity index (χ1n) is 4.70. The van der Waals surface area contributed by atoms with Gasteiger partial charge in [-0.05, 0) is 18.2 Å². The molecule has 0 amide bonds. The van der Waals surface area contributed by atoms with Gasteiger partial charge in [-0.2, -0.15) is 13.2 Å². The molecule has 96 valence electrons. The van der Waals surface area contributed by atoms with Crippen LogP contribution in [0.1, 0.15) is 5.56 Å².